The van der Waals surface area contributed by atoms with Crippen LogP contribution in [0.3, 0.4) is 0 Å². The summed E-state index contributed by atoms with van der Waals surface area (Å²) < 4.78 is 16.3. The van der Waals surface area contributed by atoms with Crippen molar-refractivity contribution < 1.29 is 14.2 Å². The maximum absolute atomic E-state index is 5.53. The van der Waals surface area contributed by atoms with E-state index in [-0.39, 0.29) is 6.04 Å². The van der Waals surface area contributed by atoms with Gasteiger partial charge in [-0.25, -0.2) is 0 Å². The number of methoxy groups -OCH3 is 3. The fourth-order valence-electron chi connectivity index (χ4n) is 3.05. The van der Waals surface area contributed by atoms with E-state index in [9.17, 15) is 0 Å². The predicted octanol–water partition coefficient (Wildman–Crippen LogP) is 1.32. The van der Waals surface area contributed by atoms with E-state index in [1.807, 2.05) is 12.1 Å². The van der Waals surface area contributed by atoms with E-state index in [2.05, 4.69) is 15.8 Å². The Hall–Kier alpha value is -1.95. The van der Waals surface area contributed by atoms with E-state index < -0.39 is 0 Å². The van der Waals surface area contributed by atoms with Gasteiger partial charge in [-0.1, -0.05) is 0 Å². The molecular formula is C15H21N3O3. The molecule has 3 rings (SSSR count). The highest BCUT2D eigenvalue weighted by Crippen LogP contribution is 2.41. The monoisotopic (exact) mass is 291 g/mol. The van der Waals surface area contributed by atoms with Crippen molar-refractivity contribution in [3.8, 4) is 17.2 Å². The number of rotatable bonds is 4. The molecule has 2 heterocycles. The molecule has 0 saturated carbocycles. The molecule has 0 aliphatic carbocycles. The largest absolute Gasteiger partial charge is 0.496 e. The van der Waals surface area contributed by atoms with Crippen molar-refractivity contribution in [2.45, 2.75) is 12.5 Å². The van der Waals surface area contributed by atoms with Crippen molar-refractivity contribution in [3.63, 3.8) is 0 Å². The Morgan fingerprint density at radius 1 is 1.05 bits per heavy atom. The molecule has 0 spiro atoms. The lowest BCUT2D eigenvalue weighted by Crippen LogP contribution is -2.38. The Morgan fingerprint density at radius 3 is 2.48 bits per heavy atom. The molecule has 1 fully saturated rings. The summed E-state index contributed by atoms with van der Waals surface area (Å²) in [6, 6.07) is 3.94. The standard InChI is InChI=1S/C15H21N3O3/c1-19-12-7-14(21-3)13(20-2)6-9(12)15-10-8-16-5-4-11(10)17-18-15/h6-7,10,15-16,18H,4-5,8H2,1-3H3. The van der Waals surface area contributed by atoms with Crippen LogP contribution in [0.5, 0.6) is 17.2 Å². The molecule has 2 unspecified atom stereocenters. The Bertz CT molecular complexity index is 559. The number of fused-ring (bicyclic) bond motifs is 1. The lowest BCUT2D eigenvalue weighted by molar-refractivity contribution is 0.342. The summed E-state index contributed by atoms with van der Waals surface area (Å²) in [5, 5.41) is 7.91. The van der Waals surface area contributed by atoms with Crippen molar-refractivity contribution in [2.24, 2.45) is 11.0 Å². The maximum atomic E-state index is 5.53. The van der Waals surface area contributed by atoms with Gasteiger partial charge in [-0.15, -0.1) is 0 Å². The predicted molar refractivity (Wildman–Crippen MR) is 80.4 cm³/mol. The first kappa shape index (κ1) is 14.0. The van der Waals surface area contributed by atoms with Crippen molar-refractivity contribution in [1.82, 2.24) is 10.7 Å². The molecular weight excluding hydrogens is 270 g/mol. The number of hydrazone groups is 1. The summed E-state index contributed by atoms with van der Waals surface area (Å²) in [7, 11) is 4.93. The Labute approximate surface area is 124 Å². The van der Waals surface area contributed by atoms with Gasteiger partial charge in [-0.2, -0.15) is 5.10 Å². The molecule has 2 N–H and O–H groups in total. The normalized spacial score (nSPS) is 23.9. The van der Waals surface area contributed by atoms with Gasteiger partial charge < -0.3 is 25.0 Å². The van der Waals surface area contributed by atoms with Crippen LogP contribution in [-0.4, -0.2) is 40.1 Å². The third-order valence-electron chi connectivity index (χ3n) is 4.17. The smallest absolute Gasteiger partial charge is 0.164 e. The third-order valence-corrected chi connectivity index (χ3v) is 4.17. The molecule has 6 nitrogen and oxygen atoms in total. The van der Waals surface area contributed by atoms with Gasteiger partial charge in [0.2, 0.25) is 0 Å². The number of hydrogen-bond acceptors (Lipinski definition) is 6. The summed E-state index contributed by atoms with van der Waals surface area (Å²) in [6.07, 6.45) is 0.990. The number of ether oxygens (including phenoxy) is 3. The molecule has 6 heteroatoms. The van der Waals surface area contributed by atoms with Gasteiger partial charge in [0.15, 0.2) is 11.5 Å². The molecule has 0 bridgehead atoms. The topological polar surface area (TPSA) is 64.1 Å². The molecule has 1 saturated heterocycles. The van der Waals surface area contributed by atoms with Crippen molar-refractivity contribution in [3.05, 3.63) is 17.7 Å². The van der Waals surface area contributed by atoms with Crippen LogP contribution >= 0.6 is 0 Å². The van der Waals surface area contributed by atoms with Crippen molar-refractivity contribution >= 4 is 5.71 Å². The number of piperidine rings is 1. The minimum atomic E-state index is 0.0996. The first-order chi connectivity index (χ1) is 10.3. The fourth-order valence-corrected chi connectivity index (χ4v) is 3.05. The highest BCUT2D eigenvalue weighted by Gasteiger charge is 2.36. The lowest BCUT2D eigenvalue weighted by Gasteiger charge is -2.26. The van der Waals surface area contributed by atoms with E-state index in [0.29, 0.717) is 17.4 Å². The highest BCUT2D eigenvalue weighted by atomic mass is 16.5. The fraction of sp³-hybridized carbons (Fsp3) is 0.533. The molecule has 1 aromatic carbocycles. The lowest BCUT2D eigenvalue weighted by atomic mass is 9.87. The van der Waals surface area contributed by atoms with Gasteiger partial charge in [0.05, 0.1) is 27.4 Å². The second kappa shape index (κ2) is 5.81. The molecule has 21 heavy (non-hydrogen) atoms. The number of nitrogens with zero attached hydrogens (tertiary/aromatic N) is 1. The summed E-state index contributed by atoms with van der Waals surface area (Å²) >= 11 is 0. The highest BCUT2D eigenvalue weighted by molar-refractivity contribution is 5.90. The Morgan fingerprint density at radius 2 is 1.76 bits per heavy atom. The molecule has 2 aliphatic rings. The summed E-state index contributed by atoms with van der Waals surface area (Å²) in [5.74, 6) is 2.50. The van der Waals surface area contributed by atoms with Crippen LogP contribution in [0.4, 0.5) is 0 Å². The number of nitrogens with one attached hydrogen (secondary N) is 2. The van der Waals surface area contributed by atoms with Gasteiger partial charge in [-0.3, -0.25) is 0 Å². The number of benzene rings is 1. The van der Waals surface area contributed by atoms with Gasteiger partial charge in [-0.05, 0) is 6.07 Å². The van der Waals surface area contributed by atoms with E-state index in [1.165, 1.54) is 5.71 Å². The Balaban J connectivity index is 1.98. The summed E-state index contributed by atoms with van der Waals surface area (Å²) in [4.78, 5) is 0. The van der Waals surface area contributed by atoms with E-state index >= 15 is 0 Å². The van der Waals surface area contributed by atoms with E-state index in [4.69, 9.17) is 14.2 Å². The molecule has 0 aromatic heterocycles. The summed E-state index contributed by atoms with van der Waals surface area (Å²) in [5.41, 5.74) is 5.53. The van der Waals surface area contributed by atoms with Crippen molar-refractivity contribution in [2.75, 3.05) is 34.4 Å². The first-order valence-electron chi connectivity index (χ1n) is 7.11. The zero-order valence-electron chi connectivity index (χ0n) is 12.6. The van der Waals surface area contributed by atoms with Crippen LogP contribution in [0.15, 0.2) is 17.2 Å². The molecule has 2 atom stereocenters. The van der Waals surface area contributed by atoms with Gasteiger partial charge in [0.25, 0.3) is 0 Å². The van der Waals surface area contributed by atoms with Crippen LogP contribution in [0, 0.1) is 5.92 Å². The first-order valence-corrected chi connectivity index (χ1v) is 7.11. The van der Waals surface area contributed by atoms with Crippen LogP contribution in [0.25, 0.3) is 0 Å². The number of hydrogen-bond donors (Lipinski definition) is 2. The summed E-state index contributed by atoms with van der Waals surface area (Å²) in [6.45, 7) is 1.92. The molecule has 114 valence electrons. The van der Waals surface area contributed by atoms with Crippen LogP contribution in [0.2, 0.25) is 0 Å². The molecule has 2 aliphatic heterocycles. The molecule has 1 aromatic rings. The zero-order valence-corrected chi connectivity index (χ0v) is 12.6. The minimum Gasteiger partial charge on any atom is -0.496 e. The van der Waals surface area contributed by atoms with Crippen LogP contribution < -0.4 is 25.0 Å². The van der Waals surface area contributed by atoms with E-state index in [1.54, 1.807) is 21.3 Å². The average Bonchev–Trinajstić information content (AvgIpc) is 2.97. The Kier molecular flexibility index (Phi) is 3.88. The minimum absolute atomic E-state index is 0.0996. The average molecular weight is 291 g/mol. The van der Waals surface area contributed by atoms with Crippen LogP contribution in [0.1, 0.15) is 18.0 Å². The van der Waals surface area contributed by atoms with Gasteiger partial charge >= 0.3 is 0 Å². The quantitative estimate of drug-likeness (QED) is 0.876. The van der Waals surface area contributed by atoms with E-state index in [0.717, 1.165) is 30.8 Å². The molecule has 0 amide bonds. The van der Waals surface area contributed by atoms with Crippen molar-refractivity contribution in [1.29, 1.82) is 0 Å². The maximum Gasteiger partial charge on any atom is 0.164 e. The SMILES string of the molecule is COc1cc(OC)c(C2NN=C3CCNCC32)cc1OC. The second-order valence-corrected chi connectivity index (χ2v) is 5.22. The second-order valence-electron chi connectivity index (χ2n) is 5.22. The molecule has 0 radical (unpaired) electrons. The zero-order chi connectivity index (χ0) is 14.8. The van der Waals surface area contributed by atoms with Crippen LogP contribution in [-0.2, 0) is 0 Å². The third kappa shape index (κ3) is 2.40. The van der Waals surface area contributed by atoms with Gasteiger partial charge in [0, 0.05) is 42.8 Å². The van der Waals surface area contributed by atoms with Gasteiger partial charge in [0.1, 0.15) is 5.75 Å².